The zero-order valence-corrected chi connectivity index (χ0v) is 12.3. The Morgan fingerprint density at radius 2 is 2.10 bits per heavy atom. The monoisotopic (exact) mass is 269 g/mol. The number of benzene rings is 1. The van der Waals surface area contributed by atoms with Crippen molar-refractivity contribution in [2.45, 2.75) is 38.1 Å². The van der Waals surface area contributed by atoms with Gasteiger partial charge in [-0.2, -0.15) is 5.10 Å². The van der Waals surface area contributed by atoms with Crippen molar-refractivity contribution in [1.82, 2.24) is 15.1 Å². The van der Waals surface area contributed by atoms with Gasteiger partial charge in [-0.05, 0) is 42.5 Å². The number of nitrogens with one attached hydrogen (secondary N) is 1. The van der Waals surface area contributed by atoms with E-state index in [9.17, 15) is 0 Å². The second-order valence-corrected chi connectivity index (χ2v) is 5.63. The van der Waals surface area contributed by atoms with Gasteiger partial charge in [0.1, 0.15) is 0 Å². The second kappa shape index (κ2) is 5.80. The van der Waals surface area contributed by atoms with Crippen LogP contribution in [-0.4, -0.2) is 16.3 Å². The molecule has 3 rings (SSSR count). The summed E-state index contributed by atoms with van der Waals surface area (Å²) in [5, 5.41) is 7.96. The van der Waals surface area contributed by atoms with Crippen LogP contribution in [0.15, 0.2) is 36.5 Å². The SMILES string of the molecule is CCNC(c1ccccc1C1CCC1)c1ccnn1C. The van der Waals surface area contributed by atoms with Gasteiger partial charge in [0.25, 0.3) is 0 Å². The summed E-state index contributed by atoms with van der Waals surface area (Å²) in [6.45, 7) is 3.12. The highest BCUT2D eigenvalue weighted by Crippen LogP contribution is 2.40. The van der Waals surface area contributed by atoms with Crippen molar-refractivity contribution in [2.75, 3.05) is 6.54 Å². The van der Waals surface area contributed by atoms with Crippen LogP contribution in [0.3, 0.4) is 0 Å². The van der Waals surface area contributed by atoms with Gasteiger partial charge in [0.2, 0.25) is 0 Å². The molecule has 2 aromatic rings. The van der Waals surface area contributed by atoms with E-state index < -0.39 is 0 Å². The third-order valence-electron chi connectivity index (χ3n) is 4.41. The molecule has 1 unspecified atom stereocenters. The summed E-state index contributed by atoms with van der Waals surface area (Å²) in [5.74, 6) is 0.751. The molecule has 1 heterocycles. The van der Waals surface area contributed by atoms with Crippen LogP contribution in [0.25, 0.3) is 0 Å². The van der Waals surface area contributed by atoms with Crippen molar-refractivity contribution in [3.63, 3.8) is 0 Å². The number of hydrogen-bond donors (Lipinski definition) is 1. The summed E-state index contributed by atoms with van der Waals surface area (Å²) < 4.78 is 1.98. The summed E-state index contributed by atoms with van der Waals surface area (Å²) >= 11 is 0. The maximum absolute atomic E-state index is 4.33. The van der Waals surface area contributed by atoms with E-state index in [2.05, 4.69) is 47.7 Å². The summed E-state index contributed by atoms with van der Waals surface area (Å²) in [4.78, 5) is 0. The van der Waals surface area contributed by atoms with Crippen molar-refractivity contribution in [3.05, 3.63) is 53.3 Å². The topological polar surface area (TPSA) is 29.9 Å². The van der Waals surface area contributed by atoms with Gasteiger partial charge in [0, 0.05) is 13.2 Å². The molecule has 0 saturated heterocycles. The molecule has 3 heteroatoms. The molecule has 0 spiro atoms. The first kappa shape index (κ1) is 13.4. The molecule has 1 aliphatic carbocycles. The van der Waals surface area contributed by atoms with Gasteiger partial charge in [-0.25, -0.2) is 0 Å². The first-order valence-corrected chi connectivity index (χ1v) is 7.61. The number of aromatic nitrogens is 2. The van der Waals surface area contributed by atoms with E-state index in [0.29, 0.717) is 0 Å². The second-order valence-electron chi connectivity index (χ2n) is 5.63. The summed E-state index contributed by atoms with van der Waals surface area (Å²) in [7, 11) is 2.02. The maximum Gasteiger partial charge on any atom is 0.0750 e. The fourth-order valence-corrected chi connectivity index (χ4v) is 3.11. The molecule has 0 bridgehead atoms. The van der Waals surface area contributed by atoms with Crippen LogP contribution < -0.4 is 5.32 Å². The van der Waals surface area contributed by atoms with Gasteiger partial charge in [0.15, 0.2) is 0 Å². The molecule has 20 heavy (non-hydrogen) atoms. The molecule has 1 aromatic heterocycles. The molecule has 1 aromatic carbocycles. The predicted octanol–water partition coefficient (Wildman–Crippen LogP) is 3.39. The fraction of sp³-hybridized carbons (Fsp3) is 0.471. The number of aryl methyl sites for hydroxylation is 1. The highest BCUT2D eigenvalue weighted by molar-refractivity contribution is 5.38. The smallest absolute Gasteiger partial charge is 0.0750 e. The average molecular weight is 269 g/mol. The molecule has 0 radical (unpaired) electrons. The summed E-state index contributed by atoms with van der Waals surface area (Å²) in [6, 6.07) is 11.3. The van der Waals surface area contributed by atoms with Gasteiger partial charge < -0.3 is 5.32 Å². The standard InChI is InChI=1S/C17H23N3/c1-3-18-17(16-11-12-19-20(16)2)15-10-5-4-9-14(15)13-7-6-8-13/h4-5,9-13,17-18H,3,6-8H2,1-2H3. The molecule has 1 aliphatic rings. The molecular weight excluding hydrogens is 246 g/mol. The molecule has 1 atom stereocenters. The maximum atomic E-state index is 4.33. The van der Waals surface area contributed by atoms with Crippen molar-refractivity contribution < 1.29 is 0 Å². The summed E-state index contributed by atoms with van der Waals surface area (Å²) in [5.41, 5.74) is 4.17. The molecule has 1 saturated carbocycles. The lowest BCUT2D eigenvalue weighted by atomic mass is 9.77. The average Bonchev–Trinajstić information content (AvgIpc) is 2.81. The van der Waals surface area contributed by atoms with E-state index in [0.717, 1.165) is 12.5 Å². The van der Waals surface area contributed by atoms with Crippen LogP contribution >= 0.6 is 0 Å². The van der Waals surface area contributed by atoms with Gasteiger partial charge in [-0.1, -0.05) is 37.6 Å². The minimum absolute atomic E-state index is 0.240. The van der Waals surface area contributed by atoms with Crippen LogP contribution in [-0.2, 0) is 7.05 Å². The Kier molecular flexibility index (Phi) is 3.88. The molecule has 1 N–H and O–H groups in total. The lowest BCUT2D eigenvalue weighted by Crippen LogP contribution is -2.26. The van der Waals surface area contributed by atoms with Gasteiger partial charge in [-0.15, -0.1) is 0 Å². The van der Waals surface area contributed by atoms with E-state index in [4.69, 9.17) is 0 Å². The fourth-order valence-electron chi connectivity index (χ4n) is 3.11. The zero-order valence-electron chi connectivity index (χ0n) is 12.3. The Bertz CT molecular complexity index is 569. The quantitative estimate of drug-likeness (QED) is 0.901. The van der Waals surface area contributed by atoms with Crippen molar-refractivity contribution in [2.24, 2.45) is 7.05 Å². The van der Waals surface area contributed by atoms with Crippen LogP contribution in [0, 0.1) is 0 Å². The highest BCUT2D eigenvalue weighted by atomic mass is 15.3. The molecule has 0 aliphatic heterocycles. The lowest BCUT2D eigenvalue weighted by Gasteiger charge is -2.30. The number of rotatable bonds is 5. The minimum Gasteiger partial charge on any atom is -0.305 e. The van der Waals surface area contributed by atoms with Crippen molar-refractivity contribution >= 4 is 0 Å². The predicted molar refractivity (Wildman–Crippen MR) is 81.8 cm³/mol. The van der Waals surface area contributed by atoms with Crippen LogP contribution in [0.2, 0.25) is 0 Å². The number of nitrogens with zero attached hydrogens (tertiary/aromatic N) is 2. The van der Waals surface area contributed by atoms with Gasteiger partial charge in [-0.3, -0.25) is 4.68 Å². The van der Waals surface area contributed by atoms with Crippen LogP contribution in [0.1, 0.15) is 55.0 Å². The van der Waals surface area contributed by atoms with E-state index >= 15 is 0 Å². The number of hydrogen-bond acceptors (Lipinski definition) is 2. The van der Waals surface area contributed by atoms with Crippen molar-refractivity contribution in [3.8, 4) is 0 Å². The Labute approximate surface area is 121 Å². The van der Waals surface area contributed by atoms with Gasteiger partial charge in [0.05, 0.1) is 11.7 Å². The first-order valence-electron chi connectivity index (χ1n) is 7.61. The van der Waals surface area contributed by atoms with E-state index in [1.165, 1.54) is 36.1 Å². The molecular formula is C17H23N3. The lowest BCUT2D eigenvalue weighted by molar-refractivity contribution is 0.413. The Morgan fingerprint density at radius 3 is 2.70 bits per heavy atom. The zero-order chi connectivity index (χ0) is 13.9. The Morgan fingerprint density at radius 1 is 1.30 bits per heavy atom. The Balaban J connectivity index is 2.01. The summed E-state index contributed by atoms with van der Waals surface area (Å²) in [6.07, 6.45) is 5.92. The van der Waals surface area contributed by atoms with Crippen LogP contribution in [0.4, 0.5) is 0 Å². The van der Waals surface area contributed by atoms with E-state index in [-0.39, 0.29) is 6.04 Å². The molecule has 3 nitrogen and oxygen atoms in total. The van der Waals surface area contributed by atoms with Crippen LogP contribution in [0.5, 0.6) is 0 Å². The molecule has 0 amide bonds. The third-order valence-corrected chi connectivity index (χ3v) is 4.41. The molecule has 1 fully saturated rings. The third kappa shape index (κ3) is 2.38. The minimum atomic E-state index is 0.240. The normalized spacial score (nSPS) is 16.9. The Hall–Kier alpha value is -1.61. The van der Waals surface area contributed by atoms with Gasteiger partial charge >= 0.3 is 0 Å². The van der Waals surface area contributed by atoms with E-state index in [1.54, 1.807) is 0 Å². The first-order chi connectivity index (χ1) is 9.81. The van der Waals surface area contributed by atoms with E-state index in [1.807, 2.05) is 17.9 Å². The van der Waals surface area contributed by atoms with Crippen molar-refractivity contribution in [1.29, 1.82) is 0 Å². The largest absolute Gasteiger partial charge is 0.305 e. The highest BCUT2D eigenvalue weighted by Gasteiger charge is 2.26. The molecule has 106 valence electrons.